The maximum atomic E-state index is 5.47. The Bertz CT molecular complexity index is 1040. The largest absolute Gasteiger partial charge is 0.497 e. The summed E-state index contributed by atoms with van der Waals surface area (Å²) in [5.41, 5.74) is 1.70. The van der Waals surface area contributed by atoms with Crippen LogP contribution >= 0.6 is 0 Å². The van der Waals surface area contributed by atoms with Crippen LogP contribution < -0.4 is 14.8 Å². The molecule has 3 heterocycles. The number of ether oxygens (including phenoxy) is 3. The first-order valence-electron chi connectivity index (χ1n) is 10.8. The summed E-state index contributed by atoms with van der Waals surface area (Å²) in [7, 11) is 7.36. The minimum Gasteiger partial charge on any atom is -0.497 e. The Kier molecular flexibility index (Phi) is 6.92. The van der Waals surface area contributed by atoms with Crippen LogP contribution in [0.3, 0.4) is 0 Å². The Morgan fingerprint density at radius 3 is 2.56 bits per heavy atom. The van der Waals surface area contributed by atoms with Crippen molar-refractivity contribution >= 4 is 22.4 Å². The van der Waals surface area contributed by atoms with Crippen molar-refractivity contribution in [2.75, 3.05) is 59.9 Å². The first kappa shape index (κ1) is 22.1. The quantitative estimate of drug-likeness (QED) is 0.541. The number of nitrogens with zero attached hydrogens (tertiary/aromatic N) is 4. The van der Waals surface area contributed by atoms with E-state index in [1.165, 1.54) is 0 Å². The van der Waals surface area contributed by atoms with Crippen molar-refractivity contribution in [3.8, 4) is 22.8 Å². The molecule has 170 valence electrons. The number of hydrogen-bond acceptors (Lipinski definition) is 7. The molecule has 1 unspecified atom stereocenters. The van der Waals surface area contributed by atoms with Crippen molar-refractivity contribution in [3.63, 3.8) is 0 Å². The Morgan fingerprint density at radius 2 is 1.91 bits per heavy atom. The van der Waals surface area contributed by atoms with Crippen molar-refractivity contribution in [1.82, 2.24) is 14.9 Å². The zero-order valence-corrected chi connectivity index (χ0v) is 19.1. The fraction of sp³-hybridized carbons (Fsp3) is 0.417. The van der Waals surface area contributed by atoms with Crippen molar-refractivity contribution < 1.29 is 14.2 Å². The summed E-state index contributed by atoms with van der Waals surface area (Å²) in [5.74, 6) is 2.94. The molecule has 1 aromatic carbocycles. The molecule has 1 N–H and O–H groups in total. The first-order chi connectivity index (χ1) is 15.6. The summed E-state index contributed by atoms with van der Waals surface area (Å²) >= 11 is 0. The molecule has 1 aliphatic rings. The highest BCUT2D eigenvalue weighted by Crippen LogP contribution is 2.35. The van der Waals surface area contributed by atoms with Crippen LogP contribution in [0, 0.1) is 0 Å². The van der Waals surface area contributed by atoms with Crippen molar-refractivity contribution in [3.05, 3.63) is 41.8 Å². The van der Waals surface area contributed by atoms with E-state index in [0.717, 1.165) is 47.4 Å². The maximum absolute atomic E-state index is 5.47. The number of rotatable bonds is 9. The molecule has 0 aliphatic carbocycles. The van der Waals surface area contributed by atoms with E-state index in [4.69, 9.17) is 24.5 Å². The fourth-order valence-electron chi connectivity index (χ4n) is 3.64. The van der Waals surface area contributed by atoms with Crippen LogP contribution in [0.2, 0.25) is 0 Å². The van der Waals surface area contributed by atoms with Crippen LogP contribution in [-0.2, 0) is 4.74 Å². The van der Waals surface area contributed by atoms with Gasteiger partial charge in [0.05, 0.1) is 26.9 Å². The number of methoxy groups -OCH3 is 2. The molecule has 0 bridgehead atoms. The Morgan fingerprint density at radius 1 is 1.12 bits per heavy atom. The van der Waals surface area contributed by atoms with E-state index in [9.17, 15) is 0 Å². The number of pyridine rings is 2. The summed E-state index contributed by atoms with van der Waals surface area (Å²) in [6.45, 7) is 2.98. The van der Waals surface area contributed by atoms with Gasteiger partial charge in [-0.3, -0.25) is 0 Å². The predicted octanol–water partition coefficient (Wildman–Crippen LogP) is 4.08. The van der Waals surface area contributed by atoms with Crippen LogP contribution in [0.25, 0.3) is 27.3 Å². The van der Waals surface area contributed by atoms with Gasteiger partial charge in [-0.15, -0.1) is 0 Å². The Balaban J connectivity index is 1.74. The van der Waals surface area contributed by atoms with Gasteiger partial charge in [-0.05, 0) is 74.5 Å². The van der Waals surface area contributed by atoms with Gasteiger partial charge in [-0.2, -0.15) is 0 Å². The third kappa shape index (κ3) is 5.20. The van der Waals surface area contributed by atoms with Gasteiger partial charge < -0.3 is 34.7 Å². The van der Waals surface area contributed by atoms with Crippen molar-refractivity contribution in [1.29, 1.82) is 0 Å². The van der Waals surface area contributed by atoms with E-state index in [1.54, 1.807) is 14.2 Å². The van der Waals surface area contributed by atoms with Gasteiger partial charge >= 0.3 is 0 Å². The minimum absolute atomic E-state index is 0.283. The normalized spacial score (nSPS) is 15.8. The lowest BCUT2D eigenvalue weighted by Gasteiger charge is -2.23. The van der Waals surface area contributed by atoms with Crippen LogP contribution in [0.5, 0.6) is 11.5 Å². The number of nitrogens with one attached hydrogen (secondary N) is 1. The van der Waals surface area contributed by atoms with Gasteiger partial charge in [0.15, 0.2) is 0 Å². The van der Waals surface area contributed by atoms with E-state index < -0.39 is 0 Å². The lowest BCUT2D eigenvalue weighted by Crippen LogP contribution is -2.19. The smallest absolute Gasteiger partial charge is 0.126 e. The second kappa shape index (κ2) is 10.0. The van der Waals surface area contributed by atoms with Gasteiger partial charge in [0, 0.05) is 24.3 Å². The van der Waals surface area contributed by atoms with Gasteiger partial charge in [-0.1, -0.05) is 5.82 Å². The summed E-state index contributed by atoms with van der Waals surface area (Å²) in [4.78, 5) is 11.7. The van der Waals surface area contributed by atoms with Crippen LogP contribution in [-0.4, -0.2) is 75.5 Å². The lowest BCUT2D eigenvalue weighted by atomic mass is 10.1. The average Bonchev–Trinajstić information content (AvgIpc) is 3.31. The average molecular weight is 437 g/mol. The molecule has 1 saturated heterocycles. The number of anilines is 1. The van der Waals surface area contributed by atoms with Crippen molar-refractivity contribution in [2.24, 2.45) is 0 Å². The zero-order valence-electron chi connectivity index (χ0n) is 19.1. The number of hydrogen-bond donors (Lipinski definition) is 1. The van der Waals surface area contributed by atoms with Gasteiger partial charge in [0.2, 0.25) is 0 Å². The summed E-state index contributed by atoms with van der Waals surface area (Å²) in [6.07, 6.45) is 2.86. The molecule has 1 aliphatic heterocycles. The Labute approximate surface area is 188 Å². The lowest BCUT2D eigenvalue weighted by molar-refractivity contribution is 0.195. The third-order valence-electron chi connectivity index (χ3n) is 5.43. The molecule has 0 saturated carbocycles. The highest BCUT2D eigenvalue weighted by molar-refractivity contribution is 5.96. The first-order valence-corrected chi connectivity index (χ1v) is 10.8. The van der Waals surface area contributed by atoms with E-state index in [2.05, 4.69) is 15.2 Å². The van der Waals surface area contributed by atoms with E-state index >= 15 is 0 Å². The van der Waals surface area contributed by atoms with Gasteiger partial charge in [0.25, 0.3) is 0 Å². The molecular weight excluding hydrogens is 406 g/mol. The van der Waals surface area contributed by atoms with Gasteiger partial charge in [-0.25, -0.2) is 4.98 Å². The molecule has 0 radical (unpaired) electrons. The molecule has 3 aromatic rings. The van der Waals surface area contributed by atoms with Gasteiger partial charge in [0.1, 0.15) is 17.3 Å². The zero-order chi connectivity index (χ0) is 22.5. The summed E-state index contributed by atoms with van der Waals surface area (Å²) < 4.78 is 16.4. The van der Waals surface area contributed by atoms with Crippen molar-refractivity contribution in [2.45, 2.75) is 12.5 Å². The maximum Gasteiger partial charge on any atom is 0.126 e. The Hall–Kier alpha value is -3.10. The molecule has 4 rings (SSSR count). The fourth-order valence-corrected chi connectivity index (χ4v) is 3.64. The minimum atomic E-state index is 0.283. The monoisotopic (exact) mass is 436 g/mol. The highest BCUT2D eigenvalue weighted by atomic mass is 16.5. The molecule has 1 atom stereocenters. The molecule has 8 heteroatoms. The molecule has 1 fully saturated rings. The van der Waals surface area contributed by atoms with Crippen LogP contribution in [0.15, 0.2) is 36.5 Å². The SMILES string of the molecule is COc1cc(OC)cc(-c2cc3cnc(NC4CCOC4)cc3c([N-]CCN(C)C)n2)c1. The van der Waals surface area contributed by atoms with E-state index in [0.29, 0.717) is 30.5 Å². The predicted molar refractivity (Wildman–Crippen MR) is 127 cm³/mol. The second-order valence-electron chi connectivity index (χ2n) is 8.11. The molecule has 0 spiro atoms. The second-order valence-corrected chi connectivity index (χ2v) is 8.11. The summed E-state index contributed by atoms with van der Waals surface area (Å²) in [6, 6.07) is 10.1. The number of likely N-dealkylation sites (N-methyl/N-ethyl adjacent to an activating group) is 1. The molecule has 2 aromatic heterocycles. The number of aromatic nitrogens is 2. The number of fused-ring (bicyclic) bond motifs is 1. The number of benzene rings is 1. The van der Waals surface area contributed by atoms with Crippen LogP contribution in [0.4, 0.5) is 11.6 Å². The molecular formula is C24H30N5O3-. The van der Waals surface area contributed by atoms with E-state index in [1.807, 2.05) is 50.6 Å². The third-order valence-corrected chi connectivity index (χ3v) is 5.43. The molecule has 32 heavy (non-hydrogen) atoms. The highest BCUT2D eigenvalue weighted by Gasteiger charge is 2.16. The topological polar surface area (TPSA) is 82.8 Å². The molecule has 0 amide bonds. The standard InChI is InChI=1S/C24H30N5O3/c1-29(2)7-6-25-24-21-13-23(27-18-5-8-32-15-18)26-14-17(21)11-22(28-24)16-9-19(30-3)12-20(10-16)31-4/h9-14,18H,5-8,15H2,1-4H3,(H-,25,26,27,28)/q-1. The van der Waals surface area contributed by atoms with Crippen LogP contribution in [0.1, 0.15) is 6.42 Å². The summed E-state index contributed by atoms with van der Waals surface area (Å²) in [5, 5.41) is 10.2. The molecule has 8 nitrogen and oxygen atoms in total. The van der Waals surface area contributed by atoms with E-state index in [-0.39, 0.29) is 6.04 Å².